The van der Waals surface area contributed by atoms with Gasteiger partial charge < -0.3 is 15.0 Å². The Labute approximate surface area is 126 Å². The minimum absolute atomic E-state index is 0.161. The van der Waals surface area contributed by atoms with Crippen molar-refractivity contribution in [2.45, 2.75) is 0 Å². The number of amides is 2. The van der Waals surface area contributed by atoms with E-state index in [4.69, 9.17) is 4.74 Å². The van der Waals surface area contributed by atoms with Crippen LogP contribution in [0, 0.1) is 0 Å². The molecule has 20 heavy (non-hydrogen) atoms. The van der Waals surface area contributed by atoms with Gasteiger partial charge in [0.1, 0.15) is 11.5 Å². The van der Waals surface area contributed by atoms with E-state index in [0.29, 0.717) is 0 Å². The van der Waals surface area contributed by atoms with Crippen molar-refractivity contribution in [3.05, 3.63) is 53.0 Å². The highest BCUT2D eigenvalue weighted by molar-refractivity contribution is 9.10. The van der Waals surface area contributed by atoms with Gasteiger partial charge in [0, 0.05) is 24.3 Å². The molecule has 0 saturated heterocycles. The number of hydrogen-bond donors (Lipinski definition) is 1. The summed E-state index contributed by atoms with van der Waals surface area (Å²) in [7, 11) is 3.39. The maximum atomic E-state index is 11.5. The molecule has 0 bridgehead atoms. The molecule has 0 fully saturated rings. The van der Waals surface area contributed by atoms with E-state index in [1.165, 1.54) is 4.90 Å². The molecule has 0 heterocycles. The second-order valence-electron chi connectivity index (χ2n) is 4.40. The van der Waals surface area contributed by atoms with E-state index in [0.717, 1.165) is 21.7 Å². The summed E-state index contributed by atoms with van der Waals surface area (Å²) in [4.78, 5) is 13.0. The number of rotatable bonds is 3. The van der Waals surface area contributed by atoms with Crippen LogP contribution in [0.15, 0.2) is 53.0 Å². The quantitative estimate of drug-likeness (QED) is 0.907. The van der Waals surface area contributed by atoms with Crippen LogP contribution in [0.3, 0.4) is 0 Å². The summed E-state index contributed by atoms with van der Waals surface area (Å²) < 4.78 is 6.70. The number of carbonyl (C=O) groups is 1. The molecular formula is C15H15BrN2O2. The number of urea groups is 1. The van der Waals surface area contributed by atoms with Crippen molar-refractivity contribution in [1.29, 1.82) is 0 Å². The van der Waals surface area contributed by atoms with Gasteiger partial charge in [0.05, 0.1) is 0 Å². The average Bonchev–Trinajstić information content (AvgIpc) is 2.43. The van der Waals surface area contributed by atoms with Crippen molar-refractivity contribution in [2.75, 3.05) is 19.4 Å². The van der Waals surface area contributed by atoms with Gasteiger partial charge in [-0.1, -0.05) is 15.9 Å². The Morgan fingerprint density at radius 3 is 2.00 bits per heavy atom. The van der Waals surface area contributed by atoms with Crippen LogP contribution in [0.25, 0.3) is 0 Å². The number of carbonyl (C=O) groups excluding carboxylic acids is 1. The van der Waals surface area contributed by atoms with E-state index in [-0.39, 0.29) is 6.03 Å². The van der Waals surface area contributed by atoms with Gasteiger partial charge in [-0.05, 0) is 48.5 Å². The predicted octanol–water partition coefficient (Wildman–Crippen LogP) is 4.33. The van der Waals surface area contributed by atoms with Crippen LogP contribution in [-0.4, -0.2) is 25.0 Å². The van der Waals surface area contributed by atoms with Crippen LogP contribution >= 0.6 is 15.9 Å². The van der Waals surface area contributed by atoms with E-state index < -0.39 is 0 Å². The zero-order valence-electron chi connectivity index (χ0n) is 11.3. The van der Waals surface area contributed by atoms with Crippen LogP contribution in [0.5, 0.6) is 11.5 Å². The second kappa shape index (κ2) is 6.43. The van der Waals surface area contributed by atoms with E-state index in [9.17, 15) is 4.79 Å². The lowest BCUT2D eigenvalue weighted by Crippen LogP contribution is -2.27. The first-order valence-corrected chi connectivity index (χ1v) is 6.86. The predicted molar refractivity (Wildman–Crippen MR) is 83.4 cm³/mol. The number of benzene rings is 2. The lowest BCUT2D eigenvalue weighted by Gasteiger charge is -2.12. The first kappa shape index (κ1) is 14.4. The van der Waals surface area contributed by atoms with Crippen molar-refractivity contribution in [3.8, 4) is 11.5 Å². The summed E-state index contributed by atoms with van der Waals surface area (Å²) in [5, 5.41) is 2.77. The summed E-state index contributed by atoms with van der Waals surface area (Å²) in [6.45, 7) is 0. The van der Waals surface area contributed by atoms with Crippen LogP contribution < -0.4 is 10.1 Å². The van der Waals surface area contributed by atoms with Crippen molar-refractivity contribution >= 4 is 27.6 Å². The zero-order valence-corrected chi connectivity index (χ0v) is 12.8. The second-order valence-corrected chi connectivity index (χ2v) is 5.32. The molecule has 2 rings (SSSR count). The Kier molecular flexibility index (Phi) is 4.63. The highest BCUT2D eigenvalue weighted by Crippen LogP contribution is 2.24. The van der Waals surface area contributed by atoms with Gasteiger partial charge in [-0.2, -0.15) is 0 Å². The molecule has 2 aromatic carbocycles. The normalized spacial score (nSPS) is 9.95. The maximum Gasteiger partial charge on any atom is 0.321 e. The van der Waals surface area contributed by atoms with E-state index in [1.54, 1.807) is 26.2 Å². The standard InChI is InChI=1S/C15H15BrN2O2/c1-18(2)15(19)17-12-5-9-14(10-6-12)20-13-7-3-11(16)4-8-13/h3-10H,1-2H3,(H,17,19). The molecule has 4 nitrogen and oxygen atoms in total. The summed E-state index contributed by atoms with van der Waals surface area (Å²) in [5.41, 5.74) is 0.729. The molecule has 0 aliphatic heterocycles. The lowest BCUT2D eigenvalue weighted by molar-refractivity contribution is 0.230. The number of nitrogens with zero attached hydrogens (tertiary/aromatic N) is 1. The first-order chi connectivity index (χ1) is 9.54. The zero-order chi connectivity index (χ0) is 14.5. The Balaban J connectivity index is 2.01. The van der Waals surface area contributed by atoms with E-state index in [2.05, 4.69) is 21.2 Å². The molecule has 2 amide bonds. The van der Waals surface area contributed by atoms with Gasteiger partial charge in [0.25, 0.3) is 0 Å². The van der Waals surface area contributed by atoms with Crippen LogP contribution in [0.4, 0.5) is 10.5 Å². The third kappa shape index (κ3) is 3.99. The first-order valence-electron chi connectivity index (χ1n) is 6.06. The maximum absolute atomic E-state index is 11.5. The van der Waals surface area contributed by atoms with Crippen LogP contribution in [0.2, 0.25) is 0 Å². The average molecular weight is 335 g/mol. The van der Waals surface area contributed by atoms with Gasteiger partial charge in [0.2, 0.25) is 0 Å². The Morgan fingerprint density at radius 2 is 1.50 bits per heavy atom. The molecule has 104 valence electrons. The van der Waals surface area contributed by atoms with Crippen molar-refractivity contribution < 1.29 is 9.53 Å². The number of halogens is 1. The third-order valence-electron chi connectivity index (χ3n) is 2.56. The fourth-order valence-electron chi connectivity index (χ4n) is 1.48. The topological polar surface area (TPSA) is 41.6 Å². The fourth-order valence-corrected chi connectivity index (χ4v) is 1.74. The highest BCUT2D eigenvalue weighted by Gasteiger charge is 2.04. The molecule has 0 atom stereocenters. The summed E-state index contributed by atoms with van der Waals surface area (Å²) in [5.74, 6) is 1.48. The molecule has 0 saturated carbocycles. The fraction of sp³-hybridized carbons (Fsp3) is 0.133. The molecule has 0 unspecified atom stereocenters. The van der Waals surface area contributed by atoms with Gasteiger partial charge >= 0.3 is 6.03 Å². The van der Waals surface area contributed by atoms with Crippen LogP contribution in [0.1, 0.15) is 0 Å². The summed E-state index contributed by atoms with van der Waals surface area (Å²) in [6.07, 6.45) is 0. The number of nitrogens with one attached hydrogen (secondary N) is 1. The van der Waals surface area contributed by atoms with Gasteiger partial charge in [-0.15, -0.1) is 0 Å². The Morgan fingerprint density at radius 1 is 1.00 bits per heavy atom. The van der Waals surface area contributed by atoms with Crippen molar-refractivity contribution in [2.24, 2.45) is 0 Å². The molecule has 0 aromatic heterocycles. The SMILES string of the molecule is CN(C)C(=O)Nc1ccc(Oc2ccc(Br)cc2)cc1. The molecule has 0 spiro atoms. The number of ether oxygens (including phenoxy) is 1. The Hall–Kier alpha value is -2.01. The van der Waals surface area contributed by atoms with Crippen molar-refractivity contribution in [1.82, 2.24) is 4.90 Å². The monoisotopic (exact) mass is 334 g/mol. The third-order valence-corrected chi connectivity index (χ3v) is 3.09. The Bertz CT molecular complexity index is 580. The molecule has 1 N–H and O–H groups in total. The molecular weight excluding hydrogens is 320 g/mol. The molecule has 0 radical (unpaired) electrons. The van der Waals surface area contributed by atoms with E-state index >= 15 is 0 Å². The number of anilines is 1. The summed E-state index contributed by atoms with van der Waals surface area (Å²) >= 11 is 3.38. The minimum atomic E-state index is -0.161. The lowest BCUT2D eigenvalue weighted by atomic mass is 10.3. The summed E-state index contributed by atoms with van der Waals surface area (Å²) in [6, 6.07) is 14.7. The highest BCUT2D eigenvalue weighted by atomic mass is 79.9. The minimum Gasteiger partial charge on any atom is -0.457 e. The van der Waals surface area contributed by atoms with Gasteiger partial charge in [-0.25, -0.2) is 4.79 Å². The van der Waals surface area contributed by atoms with Crippen LogP contribution in [-0.2, 0) is 0 Å². The van der Waals surface area contributed by atoms with Gasteiger partial charge in [-0.3, -0.25) is 0 Å². The van der Waals surface area contributed by atoms with Crippen molar-refractivity contribution in [3.63, 3.8) is 0 Å². The molecule has 5 heteroatoms. The number of hydrogen-bond acceptors (Lipinski definition) is 2. The molecule has 0 aliphatic rings. The molecule has 0 aliphatic carbocycles. The smallest absolute Gasteiger partial charge is 0.321 e. The van der Waals surface area contributed by atoms with Gasteiger partial charge in [0.15, 0.2) is 0 Å². The molecule has 2 aromatic rings. The van der Waals surface area contributed by atoms with E-state index in [1.807, 2.05) is 36.4 Å². The largest absolute Gasteiger partial charge is 0.457 e.